The van der Waals surface area contributed by atoms with Crippen molar-refractivity contribution in [3.8, 4) is 0 Å². The number of hydrogen-bond acceptors (Lipinski definition) is 5. The molecule has 0 saturated carbocycles. The van der Waals surface area contributed by atoms with Gasteiger partial charge in [0, 0.05) is 17.8 Å². The van der Waals surface area contributed by atoms with Crippen molar-refractivity contribution in [2.75, 3.05) is 6.54 Å². The molecule has 0 aliphatic carbocycles. The summed E-state index contributed by atoms with van der Waals surface area (Å²) in [5.74, 6) is -0.526. The Hall–Kier alpha value is -1.47. The highest BCUT2D eigenvalue weighted by Gasteiger charge is 2.19. The minimum atomic E-state index is -0.587. The lowest BCUT2D eigenvalue weighted by Crippen LogP contribution is -2.47. The molecule has 0 bridgehead atoms. The van der Waals surface area contributed by atoms with Gasteiger partial charge >= 0.3 is 0 Å². The molecule has 1 heterocycles. The minimum absolute atomic E-state index is 0.0947. The Labute approximate surface area is 123 Å². The summed E-state index contributed by atoms with van der Waals surface area (Å²) in [6.07, 6.45) is 1.50. The zero-order valence-electron chi connectivity index (χ0n) is 12.1. The van der Waals surface area contributed by atoms with Crippen molar-refractivity contribution in [1.82, 2.24) is 15.6 Å². The Morgan fingerprint density at radius 3 is 2.70 bits per heavy atom. The van der Waals surface area contributed by atoms with Gasteiger partial charge < -0.3 is 16.4 Å². The van der Waals surface area contributed by atoms with Crippen LogP contribution >= 0.6 is 11.3 Å². The molecule has 112 valence electrons. The molecule has 2 atom stereocenters. The standard InChI is InChI=1S/C13H22N4O2S/c1-4-8(2)15-12(18)9(3)16-13(19)10-7-20-11(17-10)5-6-14/h7-9H,4-6,14H2,1-3H3,(H,15,18)(H,16,19). The lowest BCUT2D eigenvalue weighted by Gasteiger charge is -2.16. The first-order chi connectivity index (χ1) is 9.47. The van der Waals surface area contributed by atoms with E-state index in [2.05, 4.69) is 15.6 Å². The largest absolute Gasteiger partial charge is 0.352 e. The van der Waals surface area contributed by atoms with Crippen LogP contribution in [0.15, 0.2) is 5.38 Å². The number of rotatable bonds is 7. The SMILES string of the molecule is CCC(C)NC(=O)C(C)NC(=O)c1csc(CCN)n1. The first-order valence-electron chi connectivity index (χ1n) is 6.73. The van der Waals surface area contributed by atoms with Gasteiger partial charge in [0.2, 0.25) is 5.91 Å². The van der Waals surface area contributed by atoms with Crippen molar-refractivity contribution in [2.24, 2.45) is 5.73 Å². The molecule has 2 amide bonds. The van der Waals surface area contributed by atoms with Crippen LogP contribution in [0.3, 0.4) is 0 Å². The van der Waals surface area contributed by atoms with Crippen molar-refractivity contribution in [1.29, 1.82) is 0 Å². The van der Waals surface area contributed by atoms with Crippen molar-refractivity contribution in [3.63, 3.8) is 0 Å². The van der Waals surface area contributed by atoms with E-state index in [1.54, 1.807) is 12.3 Å². The normalized spacial score (nSPS) is 13.6. The van der Waals surface area contributed by atoms with Crippen LogP contribution in [0.25, 0.3) is 0 Å². The molecule has 0 radical (unpaired) electrons. The minimum Gasteiger partial charge on any atom is -0.352 e. The second-order valence-electron chi connectivity index (χ2n) is 4.68. The number of carbonyl (C=O) groups is 2. The first kappa shape index (κ1) is 16.6. The van der Waals surface area contributed by atoms with Crippen LogP contribution in [0.5, 0.6) is 0 Å². The summed E-state index contributed by atoms with van der Waals surface area (Å²) in [6, 6.07) is -0.492. The summed E-state index contributed by atoms with van der Waals surface area (Å²) in [7, 11) is 0. The van der Waals surface area contributed by atoms with Gasteiger partial charge in [0.15, 0.2) is 0 Å². The lowest BCUT2D eigenvalue weighted by atomic mass is 10.2. The lowest BCUT2D eigenvalue weighted by molar-refractivity contribution is -0.123. The van der Waals surface area contributed by atoms with Gasteiger partial charge in [-0.3, -0.25) is 9.59 Å². The predicted octanol–water partition coefficient (Wildman–Crippen LogP) is 0.677. The van der Waals surface area contributed by atoms with Crippen molar-refractivity contribution in [3.05, 3.63) is 16.1 Å². The van der Waals surface area contributed by atoms with Crippen LogP contribution in [-0.2, 0) is 11.2 Å². The molecule has 0 aliphatic rings. The first-order valence-corrected chi connectivity index (χ1v) is 7.61. The molecule has 0 fully saturated rings. The summed E-state index contributed by atoms with van der Waals surface area (Å²) in [6.45, 7) is 6.07. The number of amides is 2. The van der Waals surface area contributed by atoms with Gasteiger partial charge in [-0.2, -0.15) is 0 Å². The van der Waals surface area contributed by atoms with Gasteiger partial charge in [0.05, 0.1) is 5.01 Å². The molecule has 4 N–H and O–H groups in total. The Bertz CT molecular complexity index is 461. The van der Waals surface area contributed by atoms with Crippen LogP contribution in [0.1, 0.15) is 42.7 Å². The third kappa shape index (κ3) is 4.90. The molecular weight excluding hydrogens is 276 g/mol. The average molecular weight is 298 g/mol. The fraction of sp³-hybridized carbons (Fsp3) is 0.615. The monoisotopic (exact) mass is 298 g/mol. The van der Waals surface area contributed by atoms with Crippen molar-refractivity contribution < 1.29 is 9.59 Å². The summed E-state index contributed by atoms with van der Waals surface area (Å²) in [5.41, 5.74) is 5.77. The maximum absolute atomic E-state index is 12.0. The van der Waals surface area contributed by atoms with E-state index < -0.39 is 6.04 Å². The Balaban J connectivity index is 2.53. The molecule has 7 heteroatoms. The molecule has 6 nitrogen and oxygen atoms in total. The van der Waals surface area contributed by atoms with Gasteiger partial charge in [0.1, 0.15) is 11.7 Å². The molecule has 0 aliphatic heterocycles. The van der Waals surface area contributed by atoms with Gasteiger partial charge in [-0.25, -0.2) is 4.98 Å². The summed E-state index contributed by atoms with van der Waals surface area (Å²) < 4.78 is 0. The quantitative estimate of drug-likeness (QED) is 0.689. The molecule has 2 unspecified atom stereocenters. The second kappa shape index (κ2) is 7.96. The number of hydrogen-bond donors (Lipinski definition) is 3. The molecule has 1 rings (SSSR count). The highest BCUT2D eigenvalue weighted by Crippen LogP contribution is 2.10. The van der Waals surface area contributed by atoms with Gasteiger partial charge in [-0.05, 0) is 26.8 Å². The maximum Gasteiger partial charge on any atom is 0.271 e. The zero-order chi connectivity index (χ0) is 15.1. The fourth-order valence-corrected chi connectivity index (χ4v) is 2.25. The molecule has 0 spiro atoms. The van der Waals surface area contributed by atoms with Crippen LogP contribution in [0.4, 0.5) is 0 Å². The van der Waals surface area contributed by atoms with E-state index in [1.165, 1.54) is 11.3 Å². The molecular formula is C13H22N4O2S. The third-order valence-corrected chi connectivity index (χ3v) is 3.79. The number of thiazole rings is 1. The summed E-state index contributed by atoms with van der Waals surface area (Å²) >= 11 is 1.40. The van der Waals surface area contributed by atoms with Crippen molar-refractivity contribution >= 4 is 23.2 Å². The molecule has 0 aromatic carbocycles. The molecule has 0 saturated heterocycles. The van der Waals surface area contributed by atoms with Crippen molar-refractivity contribution in [2.45, 2.75) is 45.7 Å². The summed E-state index contributed by atoms with van der Waals surface area (Å²) in [5, 5.41) is 7.97. The molecule has 1 aromatic rings. The van der Waals surface area contributed by atoms with E-state index in [9.17, 15) is 9.59 Å². The van der Waals surface area contributed by atoms with Crippen LogP contribution in [0.2, 0.25) is 0 Å². The number of nitrogens with zero attached hydrogens (tertiary/aromatic N) is 1. The maximum atomic E-state index is 12.0. The number of nitrogens with one attached hydrogen (secondary N) is 2. The van der Waals surface area contributed by atoms with Crippen LogP contribution in [-0.4, -0.2) is 35.4 Å². The third-order valence-electron chi connectivity index (χ3n) is 2.88. The fourth-order valence-electron chi connectivity index (χ4n) is 1.46. The van der Waals surface area contributed by atoms with Crippen LogP contribution in [0, 0.1) is 0 Å². The Morgan fingerprint density at radius 1 is 1.40 bits per heavy atom. The van der Waals surface area contributed by atoms with Gasteiger partial charge in [-0.15, -0.1) is 11.3 Å². The Morgan fingerprint density at radius 2 is 2.10 bits per heavy atom. The van der Waals surface area contributed by atoms with E-state index in [4.69, 9.17) is 5.73 Å². The zero-order valence-corrected chi connectivity index (χ0v) is 12.9. The van der Waals surface area contributed by atoms with Gasteiger partial charge in [-0.1, -0.05) is 6.92 Å². The highest BCUT2D eigenvalue weighted by molar-refractivity contribution is 7.09. The topological polar surface area (TPSA) is 97.1 Å². The van der Waals surface area contributed by atoms with E-state index in [1.807, 2.05) is 13.8 Å². The van der Waals surface area contributed by atoms with E-state index in [-0.39, 0.29) is 17.9 Å². The second-order valence-corrected chi connectivity index (χ2v) is 5.62. The molecule has 1 aromatic heterocycles. The molecule has 20 heavy (non-hydrogen) atoms. The highest BCUT2D eigenvalue weighted by atomic mass is 32.1. The average Bonchev–Trinajstić information content (AvgIpc) is 2.87. The Kier molecular flexibility index (Phi) is 6.60. The smallest absolute Gasteiger partial charge is 0.271 e. The summed E-state index contributed by atoms with van der Waals surface area (Å²) in [4.78, 5) is 28.0. The number of aromatic nitrogens is 1. The van der Waals surface area contributed by atoms with Crippen LogP contribution < -0.4 is 16.4 Å². The number of nitrogens with two attached hydrogens (primary N) is 1. The number of carbonyl (C=O) groups excluding carboxylic acids is 2. The predicted molar refractivity (Wildman–Crippen MR) is 79.7 cm³/mol. The van der Waals surface area contributed by atoms with E-state index in [0.29, 0.717) is 18.7 Å². The van der Waals surface area contributed by atoms with Gasteiger partial charge in [0.25, 0.3) is 5.91 Å². The van der Waals surface area contributed by atoms with E-state index >= 15 is 0 Å². The van der Waals surface area contributed by atoms with E-state index in [0.717, 1.165) is 11.4 Å².